The van der Waals surface area contributed by atoms with Gasteiger partial charge in [-0.3, -0.25) is 0 Å². The van der Waals surface area contributed by atoms with Gasteiger partial charge in [0.2, 0.25) is 0 Å². The molecule has 1 saturated carbocycles. The first-order chi connectivity index (χ1) is 4.84. The van der Waals surface area contributed by atoms with Gasteiger partial charge in [0.25, 0.3) is 0 Å². The average molecular weight is 143 g/mol. The molecule has 0 aliphatic heterocycles. The summed E-state index contributed by atoms with van der Waals surface area (Å²) in [5, 5.41) is 0. The van der Waals surface area contributed by atoms with E-state index < -0.39 is 0 Å². The molecule has 10 heavy (non-hydrogen) atoms. The Morgan fingerprint density at radius 2 is 2.10 bits per heavy atom. The van der Waals surface area contributed by atoms with Crippen LogP contribution in [0.25, 0.3) is 0 Å². The van der Waals surface area contributed by atoms with Gasteiger partial charge in [0, 0.05) is 12.6 Å². The Morgan fingerprint density at radius 1 is 1.40 bits per heavy atom. The van der Waals surface area contributed by atoms with Crippen molar-refractivity contribution in [1.29, 1.82) is 0 Å². The lowest BCUT2D eigenvalue weighted by molar-refractivity contribution is 0.0228. The van der Waals surface area contributed by atoms with Gasteiger partial charge in [0.1, 0.15) is 0 Å². The normalized spacial score (nSPS) is 34.2. The first-order valence-corrected chi connectivity index (χ1v) is 4.21. The molecule has 0 saturated heterocycles. The minimum atomic E-state index is 0.300. The monoisotopic (exact) mass is 143 g/mol. The second-order valence-electron chi connectivity index (χ2n) is 2.94. The lowest BCUT2D eigenvalue weighted by Gasteiger charge is -2.27. The van der Waals surface area contributed by atoms with E-state index in [0.29, 0.717) is 12.1 Å². The predicted octanol–water partition coefficient (Wildman–Crippen LogP) is 1.29. The Kier molecular flexibility index (Phi) is 3.16. The summed E-state index contributed by atoms with van der Waals surface area (Å²) in [6.45, 7) is 2.83. The van der Waals surface area contributed by atoms with Gasteiger partial charge >= 0.3 is 0 Å². The highest BCUT2D eigenvalue weighted by Gasteiger charge is 2.21. The summed E-state index contributed by atoms with van der Waals surface area (Å²) in [4.78, 5) is 0. The summed E-state index contributed by atoms with van der Waals surface area (Å²) in [5.41, 5.74) is 5.84. The number of hydrogen-bond donors (Lipinski definition) is 1. The lowest BCUT2D eigenvalue weighted by Crippen LogP contribution is -2.39. The maximum Gasteiger partial charge on any atom is 0.0725 e. The first-order valence-electron chi connectivity index (χ1n) is 4.21. The van der Waals surface area contributed by atoms with Crippen molar-refractivity contribution in [3.63, 3.8) is 0 Å². The molecule has 0 amide bonds. The number of hydrogen-bond acceptors (Lipinski definition) is 2. The number of nitrogens with two attached hydrogens (primary N) is 1. The van der Waals surface area contributed by atoms with Crippen LogP contribution in [0, 0.1) is 0 Å². The molecule has 2 heteroatoms. The van der Waals surface area contributed by atoms with Crippen LogP contribution in [-0.2, 0) is 4.74 Å². The first kappa shape index (κ1) is 8.02. The summed E-state index contributed by atoms with van der Waals surface area (Å²) < 4.78 is 5.47. The fraction of sp³-hybridized carbons (Fsp3) is 1.00. The number of ether oxygens (including phenoxy) is 1. The number of rotatable bonds is 2. The highest BCUT2D eigenvalue weighted by Crippen LogP contribution is 2.19. The highest BCUT2D eigenvalue weighted by molar-refractivity contribution is 4.78. The molecule has 2 N–H and O–H groups in total. The highest BCUT2D eigenvalue weighted by atomic mass is 16.5. The van der Waals surface area contributed by atoms with Gasteiger partial charge in [-0.25, -0.2) is 0 Å². The standard InChI is InChI=1S/C8H17NO/c1-2-10-8-6-4-3-5-7(8)9/h7-8H,2-6,9H2,1H3/t7-,8+/m0/s1. The third-order valence-corrected chi connectivity index (χ3v) is 2.13. The van der Waals surface area contributed by atoms with Crippen LogP contribution in [0.5, 0.6) is 0 Å². The van der Waals surface area contributed by atoms with Crippen LogP contribution in [0.2, 0.25) is 0 Å². The van der Waals surface area contributed by atoms with Gasteiger partial charge in [0.05, 0.1) is 6.10 Å². The third kappa shape index (κ3) is 1.96. The lowest BCUT2D eigenvalue weighted by atomic mass is 9.93. The SMILES string of the molecule is CCO[C@@H]1CCCC[C@@H]1N. The Bertz CT molecular complexity index is 93.3. The molecule has 0 aromatic carbocycles. The predicted molar refractivity (Wildman–Crippen MR) is 41.9 cm³/mol. The molecule has 1 fully saturated rings. The summed E-state index contributed by atoms with van der Waals surface area (Å²) in [6.07, 6.45) is 5.22. The van der Waals surface area contributed by atoms with Crippen molar-refractivity contribution in [2.45, 2.75) is 44.8 Å². The molecule has 0 aromatic heterocycles. The summed E-state index contributed by atoms with van der Waals surface area (Å²) >= 11 is 0. The largest absolute Gasteiger partial charge is 0.377 e. The van der Waals surface area contributed by atoms with Gasteiger partial charge in [0.15, 0.2) is 0 Å². The maximum absolute atomic E-state index is 5.84. The van der Waals surface area contributed by atoms with Gasteiger partial charge in [-0.05, 0) is 19.8 Å². The van der Waals surface area contributed by atoms with Gasteiger partial charge in [-0.1, -0.05) is 12.8 Å². The second kappa shape index (κ2) is 3.94. The van der Waals surface area contributed by atoms with Crippen LogP contribution in [-0.4, -0.2) is 18.8 Å². The topological polar surface area (TPSA) is 35.2 Å². The smallest absolute Gasteiger partial charge is 0.0725 e. The van der Waals surface area contributed by atoms with Crippen LogP contribution in [0.1, 0.15) is 32.6 Å². The molecule has 1 aliphatic rings. The molecule has 60 valence electrons. The Labute approximate surface area is 62.7 Å². The zero-order chi connectivity index (χ0) is 7.40. The quantitative estimate of drug-likeness (QED) is 0.632. The molecule has 1 rings (SSSR count). The minimum absolute atomic E-state index is 0.300. The van der Waals surface area contributed by atoms with Gasteiger partial charge in [-0.15, -0.1) is 0 Å². The van der Waals surface area contributed by atoms with Gasteiger partial charge in [-0.2, -0.15) is 0 Å². The molecule has 0 heterocycles. The minimum Gasteiger partial charge on any atom is -0.377 e. The molecule has 0 spiro atoms. The van der Waals surface area contributed by atoms with E-state index in [4.69, 9.17) is 10.5 Å². The Morgan fingerprint density at radius 3 is 2.70 bits per heavy atom. The van der Waals surface area contributed by atoms with Crippen molar-refractivity contribution in [2.24, 2.45) is 5.73 Å². The van der Waals surface area contributed by atoms with E-state index in [0.717, 1.165) is 19.4 Å². The molecule has 1 aliphatic carbocycles. The zero-order valence-electron chi connectivity index (χ0n) is 6.68. The maximum atomic E-state index is 5.84. The van der Waals surface area contributed by atoms with E-state index in [1.165, 1.54) is 12.8 Å². The van der Waals surface area contributed by atoms with E-state index >= 15 is 0 Å². The second-order valence-corrected chi connectivity index (χ2v) is 2.94. The summed E-state index contributed by atoms with van der Waals surface area (Å²) in [6, 6.07) is 0.300. The van der Waals surface area contributed by atoms with Crippen LogP contribution < -0.4 is 5.73 Å². The fourth-order valence-electron chi connectivity index (χ4n) is 1.55. The van der Waals surface area contributed by atoms with Crippen molar-refractivity contribution in [3.8, 4) is 0 Å². The third-order valence-electron chi connectivity index (χ3n) is 2.13. The van der Waals surface area contributed by atoms with Crippen LogP contribution >= 0.6 is 0 Å². The molecule has 2 nitrogen and oxygen atoms in total. The molecule has 0 aromatic rings. The van der Waals surface area contributed by atoms with Crippen molar-refractivity contribution in [1.82, 2.24) is 0 Å². The molecule has 0 unspecified atom stereocenters. The Hall–Kier alpha value is -0.0800. The van der Waals surface area contributed by atoms with Crippen LogP contribution in [0.3, 0.4) is 0 Å². The fourth-order valence-corrected chi connectivity index (χ4v) is 1.55. The summed E-state index contributed by atoms with van der Waals surface area (Å²) in [7, 11) is 0. The van der Waals surface area contributed by atoms with Crippen molar-refractivity contribution in [3.05, 3.63) is 0 Å². The van der Waals surface area contributed by atoms with Crippen molar-refractivity contribution >= 4 is 0 Å². The van der Waals surface area contributed by atoms with E-state index in [2.05, 4.69) is 0 Å². The van der Waals surface area contributed by atoms with Crippen molar-refractivity contribution in [2.75, 3.05) is 6.61 Å². The molecule has 0 bridgehead atoms. The molecule has 0 radical (unpaired) electrons. The van der Waals surface area contributed by atoms with E-state index in [1.807, 2.05) is 6.92 Å². The molecule has 2 atom stereocenters. The molecular weight excluding hydrogens is 126 g/mol. The van der Waals surface area contributed by atoms with E-state index in [1.54, 1.807) is 0 Å². The van der Waals surface area contributed by atoms with Gasteiger partial charge < -0.3 is 10.5 Å². The zero-order valence-corrected chi connectivity index (χ0v) is 6.68. The van der Waals surface area contributed by atoms with Crippen LogP contribution in [0.4, 0.5) is 0 Å². The Balaban J connectivity index is 2.25. The summed E-state index contributed by atoms with van der Waals surface area (Å²) in [5.74, 6) is 0. The van der Waals surface area contributed by atoms with Crippen LogP contribution in [0.15, 0.2) is 0 Å². The van der Waals surface area contributed by atoms with E-state index in [-0.39, 0.29) is 0 Å². The average Bonchev–Trinajstić information content (AvgIpc) is 1.94. The van der Waals surface area contributed by atoms with E-state index in [9.17, 15) is 0 Å². The van der Waals surface area contributed by atoms with Crippen molar-refractivity contribution < 1.29 is 4.74 Å². The molecular formula is C8H17NO.